The van der Waals surface area contributed by atoms with E-state index in [1.165, 1.54) is 12.3 Å². The fourth-order valence-corrected chi connectivity index (χ4v) is 1.44. The second-order valence-electron chi connectivity index (χ2n) is 4.06. The van der Waals surface area contributed by atoms with Crippen LogP contribution in [0.4, 0.5) is 5.95 Å². The molecule has 1 amide bonds. The number of nitrogens with zero attached hydrogens (tertiary/aromatic N) is 6. The maximum atomic E-state index is 11.8. The molecule has 0 saturated heterocycles. The van der Waals surface area contributed by atoms with Crippen molar-refractivity contribution in [2.75, 3.05) is 0 Å². The molecule has 0 fully saturated rings. The van der Waals surface area contributed by atoms with Gasteiger partial charge < -0.3 is 14.5 Å². The Balaban J connectivity index is 1.96. The Kier molecular flexibility index (Phi) is 4.02. The first kappa shape index (κ1) is 14.3. The predicted molar refractivity (Wildman–Crippen MR) is 68.5 cm³/mol. The van der Waals surface area contributed by atoms with Gasteiger partial charge in [-0.25, -0.2) is 5.43 Å². The molecule has 110 valence electrons. The zero-order valence-electron chi connectivity index (χ0n) is 11.2. The van der Waals surface area contributed by atoms with Crippen molar-refractivity contribution in [2.45, 2.75) is 20.4 Å². The first-order valence-electron chi connectivity index (χ1n) is 5.77. The molecule has 0 spiro atoms. The monoisotopic (exact) mass is 293 g/mol. The summed E-state index contributed by atoms with van der Waals surface area (Å²) < 4.78 is 5.01. The summed E-state index contributed by atoms with van der Waals surface area (Å²) in [6, 6.07) is 1.53. The summed E-state index contributed by atoms with van der Waals surface area (Å²) in [5.41, 5.74) is 3.16. The second-order valence-corrected chi connectivity index (χ2v) is 4.06. The molecule has 0 unspecified atom stereocenters. The predicted octanol–water partition coefficient (Wildman–Crippen LogP) is 0.289. The molecule has 2 aromatic rings. The Labute approximate surface area is 117 Å². The van der Waals surface area contributed by atoms with Crippen LogP contribution in [0.3, 0.4) is 0 Å². The molecular formula is C10H11N7O4. The number of amides is 1. The van der Waals surface area contributed by atoms with Crippen LogP contribution < -0.4 is 5.43 Å². The van der Waals surface area contributed by atoms with E-state index in [2.05, 4.69) is 25.9 Å². The number of nitro groups is 1. The van der Waals surface area contributed by atoms with Gasteiger partial charge in [0.25, 0.3) is 5.91 Å². The van der Waals surface area contributed by atoms with E-state index in [1.54, 1.807) is 13.8 Å². The number of aromatic nitrogens is 4. The van der Waals surface area contributed by atoms with E-state index in [9.17, 15) is 14.9 Å². The topological polar surface area (TPSA) is 141 Å². The lowest BCUT2D eigenvalue weighted by atomic mass is 10.2. The second kappa shape index (κ2) is 5.90. The molecule has 0 aliphatic rings. The van der Waals surface area contributed by atoms with Crippen molar-refractivity contribution in [3.8, 4) is 0 Å². The van der Waals surface area contributed by atoms with E-state index < -0.39 is 16.8 Å². The highest BCUT2D eigenvalue weighted by atomic mass is 16.6. The quantitative estimate of drug-likeness (QED) is 0.474. The van der Waals surface area contributed by atoms with Gasteiger partial charge in [-0.15, -0.1) is 0 Å². The van der Waals surface area contributed by atoms with E-state index in [0.29, 0.717) is 17.0 Å². The van der Waals surface area contributed by atoms with Gasteiger partial charge in [0.2, 0.25) is 0 Å². The maximum absolute atomic E-state index is 11.8. The van der Waals surface area contributed by atoms with Crippen molar-refractivity contribution < 1.29 is 14.1 Å². The third-order valence-electron chi connectivity index (χ3n) is 2.43. The van der Waals surface area contributed by atoms with Crippen LogP contribution in [0.15, 0.2) is 21.8 Å². The highest BCUT2D eigenvalue weighted by Crippen LogP contribution is 2.07. The van der Waals surface area contributed by atoms with Gasteiger partial charge in [0, 0.05) is 5.21 Å². The highest BCUT2D eigenvalue weighted by molar-refractivity contribution is 5.95. The third-order valence-corrected chi connectivity index (χ3v) is 2.43. The van der Waals surface area contributed by atoms with Gasteiger partial charge in [-0.1, -0.05) is 4.80 Å². The van der Waals surface area contributed by atoms with Gasteiger partial charge in [0.1, 0.15) is 12.3 Å². The number of carbonyl (C=O) groups excluding carboxylic acids is 1. The summed E-state index contributed by atoms with van der Waals surface area (Å²) in [5.74, 6) is -0.534. The molecule has 11 nitrogen and oxygen atoms in total. The molecule has 2 rings (SSSR count). The molecule has 0 radical (unpaired) electrons. The number of hydrogen-bond acceptors (Lipinski definition) is 8. The Morgan fingerprint density at radius 3 is 2.95 bits per heavy atom. The first-order chi connectivity index (χ1) is 9.97. The summed E-state index contributed by atoms with van der Waals surface area (Å²) in [5, 5.41) is 24.5. The smallest absolute Gasteiger partial charge is 0.469 e. The van der Waals surface area contributed by atoms with Gasteiger partial charge in [-0.05, 0) is 24.8 Å². The Bertz CT molecular complexity index is 702. The van der Waals surface area contributed by atoms with Gasteiger partial charge in [0.15, 0.2) is 0 Å². The fraction of sp³-hybridized carbons (Fsp3) is 0.300. The van der Waals surface area contributed by atoms with Crippen molar-refractivity contribution in [1.82, 2.24) is 25.6 Å². The molecule has 0 bridgehead atoms. The lowest BCUT2D eigenvalue weighted by Crippen LogP contribution is -2.21. The Morgan fingerprint density at radius 2 is 2.38 bits per heavy atom. The number of rotatable bonds is 5. The molecule has 11 heteroatoms. The minimum atomic E-state index is -0.751. The number of aryl methyl sites for hydroxylation is 1. The van der Waals surface area contributed by atoms with Crippen LogP contribution in [0.2, 0.25) is 0 Å². The Morgan fingerprint density at radius 1 is 1.62 bits per heavy atom. The van der Waals surface area contributed by atoms with Crippen LogP contribution in [-0.4, -0.2) is 36.7 Å². The largest absolute Gasteiger partial charge is 0.514 e. The number of hydrogen-bond donors (Lipinski definition) is 1. The average Bonchev–Trinajstić information content (AvgIpc) is 3.05. The van der Waals surface area contributed by atoms with E-state index in [1.807, 2.05) is 0 Å². The molecule has 21 heavy (non-hydrogen) atoms. The molecule has 0 aromatic carbocycles. The van der Waals surface area contributed by atoms with Crippen molar-refractivity contribution in [3.05, 3.63) is 33.8 Å². The normalized spacial score (nSPS) is 11.4. The lowest BCUT2D eigenvalue weighted by Gasteiger charge is -2.00. The van der Waals surface area contributed by atoms with Crippen molar-refractivity contribution >= 4 is 17.6 Å². The van der Waals surface area contributed by atoms with Gasteiger partial charge in [0.05, 0.1) is 27.7 Å². The summed E-state index contributed by atoms with van der Waals surface area (Å²) in [6.07, 6.45) is 1.40. The van der Waals surface area contributed by atoms with E-state index in [4.69, 9.17) is 4.42 Å². The van der Waals surface area contributed by atoms with Crippen LogP contribution in [0.25, 0.3) is 0 Å². The maximum Gasteiger partial charge on any atom is 0.514 e. The molecule has 1 N–H and O–H groups in total. The zero-order chi connectivity index (χ0) is 15.4. The molecule has 0 saturated carbocycles. The van der Waals surface area contributed by atoms with Gasteiger partial charge in [-0.2, -0.15) is 5.10 Å². The fourth-order valence-electron chi connectivity index (χ4n) is 1.44. The van der Waals surface area contributed by atoms with Crippen LogP contribution in [-0.2, 0) is 6.54 Å². The highest BCUT2D eigenvalue weighted by Gasteiger charge is 2.16. The summed E-state index contributed by atoms with van der Waals surface area (Å²) in [7, 11) is 0. The molecule has 2 heterocycles. The van der Waals surface area contributed by atoms with Crippen molar-refractivity contribution in [1.29, 1.82) is 0 Å². The van der Waals surface area contributed by atoms with Crippen LogP contribution in [0.1, 0.15) is 23.0 Å². The Hall–Kier alpha value is -3.11. The number of nitrogens with one attached hydrogen (secondary N) is 1. The number of carbonyl (C=O) groups is 1. The minimum Gasteiger partial charge on any atom is -0.469 e. The molecule has 2 aromatic heterocycles. The van der Waals surface area contributed by atoms with Crippen LogP contribution in [0.5, 0.6) is 0 Å². The average molecular weight is 293 g/mol. The zero-order valence-corrected chi connectivity index (χ0v) is 11.2. The van der Waals surface area contributed by atoms with Gasteiger partial charge in [-0.3, -0.25) is 4.79 Å². The van der Waals surface area contributed by atoms with E-state index in [-0.39, 0.29) is 6.54 Å². The SMILES string of the molecule is CC(Cn1nnc([N+](=O)[O-])n1)=NNC(=O)c1ccoc1C. The number of furan rings is 1. The lowest BCUT2D eigenvalue weighted by molar-refractivity contribution is -0.394. The van der Waals surface area contributed by atoms with Gasteiger partial charge >= 0.3 is 5.95 Å². The van der Waals surface area contributed by atoms with Crippen LogP contribution >= 0.6 is 0 Å². The number of hydrazone groups is 1. The van der Waals surface area contributed by atoms with Crippen molar-refractivity contribution in [2.24, 2.45) is 5.10 Å². The first-order valence-corrected chi connectivity index (χ1v) is 5.77. The molecule has 0 atom stereocenters. The molecule has 0 aliphatic heterocycles. The molecule has 0 aliphatic carbocycles. The summed E-state index contributed by atoms with van der Waals surface area (Å²) in [6.45, 7) is 3.33. The summed E-state index contributed by atoms with van der Waals surface area (Å²) >= 11 is 0. The van der Waals surface area contributed by atoms with Crippen molar-refractivity contribution in [3.63, 3.8) is 0 Å². The third kappa shape index (κ3) is 3.46. The van der Waals surface area contributed by atoms with Crippen LogP contribution in [0, 0.1) is 17.0 Å². The standard InChI is InChI=1S/C10H11N7O4/c1-6(5-16-14-10(13-15-16)17(19)20)11-12-9(18)8-3-4-21-7(8)2/h3-4H,5H2,1-2H3,(H,12,18). The number of tetrazole rings is 1. The van der Waals surface area contributed by atoms with E-state index >= 15 is 0 Å². The summed E-state index contributed by atoms with van der Waals surface area (Å²) in [4.78, 5) is 22.4. The molecular weight excluding hydrogens is 282 g/mol. The minimum absolute atomic E-state index is 0.0610. The van der Waals surface area contributed by atoms with E-state index in [0.717, 1.165) is 4.80 Å².